The molecule has 1 saturated heterocycles. The van der Waals surface area contributed by atoms with Crippen molar-refractivity contribution in [1.29, 1.82) is 0 Å². The summed E-state index contributed by atoms with van der Waals surface area (Å²) in [5.74, 6) is 1.25. The Balaban J connectivity index is 1.08. The largest absolute Gasteiger partial charge is 0.493 e. The van der Waals surface area contributed by atoms with Gasteiger partial charge in [0.15, 0.2) is 0 Å². The summed E-state index contributed by atoms with van der Waals surface area (Å²) in [5, 5.41) is 12.0. The number of nitrogens with one attached hydrogen (secondary N) is 1. The lowest BCUT2D eigenvalue weighted by Crippen LogP contribution is -2.36. The molecule has 3 aromatic carbocycles. The topological polar surface area (TPSA) is 101 Å². The van der Waals surface area contributed by atoms with Crippen LogP contribution in [0.25, 0.3) is 0 Å². The molecule has 5 rings (SSSR count). The molecule has 204 valence electrons. The highest BCUT2D eigenvalue weighted by Gasteiger charge is 2.21. The number of halogens is 1. The lowest BCUT2D eigenvalue weighted by Gasteiger charge is -2.32. The number of hydrogen-bond acceptors (Lipinski definition) is 6. The number of nitrogens with zero attached hydrogens (tertiary/aromatic N) is 2. The van der Waals surface area contributed by atoms with Gasteiger partial charge in [0.05, 0.1) is 24.1 Å². The zero-order valence-corrected chi connectivity index (χ0v) is 21.6. The first-order valence-corrected chi connectivity index (χ1v) is 12.9. The fourth-order valence-corrected chi connectivity index (χ4v) is 4.43. The molecule has 0 saturated carbocycles. The number of aromatic carboxylic acids is 1. The van der Waals surface area contributed by atoms with Crippen molar-refractivity contribution in [2.45, 2.75) is 12.8 Å². The van der Waals surface area contributed by atoms with Crippen LogP contribution in [-0.4, -0.2) is 41.7 Å². The zero-order chi connectivity index (χ0) is 27.9. The molecule has 40 heavy (non-hydrogen) atoms. The van der Waals surface area contributed by atoms with Crippen LogP contribution >= 0.6 is 0 Å². The highest BCUT2D eigenvalue weighted by molar-refractivity contribution is 6.04. The van der Waals surface area contributed by atoms with Crippen LogP contribution in [0, 0.1) is 11.7 Å². The molecule has 2 N–H and O–H groups in total. The number of aromatic nitrogens is 1. The van der Waals surface area contributed by atoms with Crippen LogP contribution in [0.2, 0.25) is 0 Å². The monoisotopic (exact) mass is 541 g/mol. The molecular formula is C31H28FN3O5. The van der Waals surface area contributed by atoms with Crippen molar-refractivity contribution >= 4 is 23.4 Å². The first-order valence-electron chi connectivity index (χ1n) is 12.9. The molecular weight excluding hydrogens is 513 g/mol. The molecule has 1 aliphatic heterocycles. The summed E-state index contributed by atoms with van der Waals surface area (Å²) in [6, 6.07) is 22.7. The van der Waals surface area contributed by atoms with E-state index in [9.17, 15) is 14.0 Å². The summed E-state index contributed by atoms with van der Waals surface area (Å²) in [6.07, 6.45) is 3.50. The maximum atomic E-state index is 13.1. The van der Waals surface area contributed by atoms with Gasteiger partial charge in [0, 0.05) is 18.7 Å². The lowest BCUT2D eigenvalue weighted by molar-refractivity contribution is 0.0696. The minimum absolute atomic E-state index is 0.212. The number of hydrogen-bond donors (Lipinski definition) is 2. The SMILES string of the molecule is O=C(O)c1cccc(OCC2CCN(c3ccc(NC(=O)c4ccc(Oc5ccc(F)cc5)cc4)cn3)CC2)c1. The average molecular weight is 542 g/mol. The number of carbonyl (C=O) groups is 2. The number of piperidine rings is 1. The van der Waals surface area contributed by atoms with Gasteiger partial charge in [-0.1, -0.05) is 6.07 Å². The molecule has 8 nitrogen and oxygen atoms in total. The highest BCUT2D eigenvalue weighted by Crippen LogP contribution is 2.25. The summed E-state index contributed by atoms with van der Waals surface area (Å²) in [4.78, 5) is 30.6. The standard InChI is InChI=1S/C31H28FN3O5/c32-24-6-11-27(12-7-24)40-26-9-4-22(5-10-26)30(36)34-25-8-13-29(33-19-25)35-16-14-21(15-17-35)20-39-28-3-1-2-23(18-28)31(37)38/h1-13,18-19,21H,14-17,20H2,(H,34,36)(H,37,38). The minimum atomic E-state index is -0.972. The molecule has 0 spiro atoms. The third-order valence-corrected chi connectivity index (χ3v) is 6.68. The molecule has 0 bridgehead atoms. The van der Waals surface area contributed by atoms with Gasteiger partial charge >= 0.3 is 5.97 Å². The van der Waals surface area contributed by atoms with Gasteiger partial charge in [-0.3, -0.25) is 4.79 Å². The van der Waals surface area contributed by atoms with E-state index in [1.54, 1.807) is 54.7 Å². The van der Waals surface area contributed by atoms with Gasteiger partial charge in [-0.15, -0.1) is 0 Å². The minimum Gasteiger partial charge on any atom is -0.493 e. The predicted octanol–water partition coefficient (Wildman–Crippen LogP) is 6.26. The smallest absolute Gasteiger partial charge is 0.335 e. The Morgan fingerprint density at radius 1 is 0.900 bits per heavy atom. The van der Waals surface area contributed by atoms with E-state index in [2.05, 4.69) is 15.2 Å². The third kappa shape index (κ3) is 6.93. The number of anilines is 2. The molecule has 1 amide bonds. The Bertz CT molecular complexity index is 1450. The number of carboxylic acids is 1. The van der Waals surface area contributed by atoms with Gasteiger partial charge in [0.2, 0.25) is 0 Å². The zero-order valence-electron chi connectivity index (χ0n) is 21.6. The maximum Gasteiger partial charge on any atom is 0.335 e. The van der Waals surface area contributed by atoms with Crippen molar-refractivity contribution in [3.05, 3.63) is 108 Å². The fraction of sp³-hybridized carbons (Fsp3) is 0.194. The number of carboxylic acid groups (broad SMARTS) is 1. The molecule has 1 aliphatic rings. The van der Waals surface area contributed by atoms with Crippen LogP contribution < -0.4 is 19.7 Å². The first kappa shape index (κ1) is 26.7. The molecule has 0 radical (unpaired) electrons. The van der Waals surface area contributed by atoms with Crippen LogP contribution in [0.3, 0.4) is 0 Å². The average Bonchev–Trinajstić information content (AvgIpc) is 2.98. The lowest BCUT2D eigenvalue weighted by atomic mass is 9.98. The van der Waals surface area contributed by atoms with Crippen LogP contribution in [0.15, 0.2) is 91.1 Å². The summed E-state index contributed by atoms with van der Waals surface area (Å²) in [7, 11) is 0. The number of ether oxygens (including phenoxy) is 2. The molecule has 9 heteroatoms. The molecule has 4 aromatic rings. The molecule has 1 fully saturated rings. The van der Waals surface area contributed by atoms with Gasteiger partial charge in [0.25, 0.3) is 5.91 Å². The summed E-state index contributed by atoms with van der Waals surface area (Å²) < 4.78 is 24.6. The Kier molecular flexibility index (Phi) is 8.20. The van der Waals surface area contributed by atoms with E-state index in [4.69, 9.17) is 14.6 Å². The van der Waals surface area contributed by atoms with E-state index in [0.29, 0.717) is 41.0 Å². The molecule has 0 atom stereocenters. The maximum absolute atomic E-state index is 13.1. The highest BCUT2D eigenvalue weighted by atomic mass is 19.1. The van der Waals surface area contributed by atoms with Crippen LogP contribution in [0.1, 0.15) is 33.6 Å². The number of amides is 1. The van der Waals surface area contributed by atoms with E-state index in [1.165, 1.54) is 24.3 Å². The van der Waals surface area contributed by atoms with Crippen molar-refractivity contribution in [3.8, 4) is 17.2 Å². The quantitative estimate of drug-likeness (QED) is 0.258. The number of carbonyl (C=O) groups excluding carboxylic acids is 1. The molecule has 0 unspecified atom stereocenters. The van der Waals surface area contributed by atoms with E-state index >= 15 is 0 Å². The normalized spacial score (nSPS) is 13.5. The Hall–Kier alpha value is -4.92. The van der Waals surface area contributed by atoms with Gasteiger partial charge in [-0.25, -0.2) is 14.2 Å². The summed E-state index contributed by atoms with van der Waals surface area (Å²) in [5.41, 5.74) is 1.27. The van der Waals surface area contributed by atoms with Crippen LogP contribution in [-0.2, 0) is 0 Å². The van der Waals surface area contributed by atoms with Crippen molar-refractivity contribution < 1.29 is 28.6 Å². The summed E-state index contributed by atoms with van der Waals surface area (Å²) in [6.45, 7) is 2.19. The van der Waals surface area contributed by atoms with E-state index in [1.807, 2.05) is 12.1 Å². The Morgan fingerprint density at radius 3 is 2.25 bits per heavy atom. The van der Waals surface area contributed by atoms with Crippen molar-refractivity contribution in [3.63, 3.8) is 0 Å². The van der Waals surface area contributed by atoms with Gasteiger partial charge in [-0.05, 0) is 97.6 Å². The molecule has 0 aliphatic carbocycles. The second-order valence-electron chi connectivity index (χ2n) is 9.51. The predicted molar refractivity (Wildman–Crippen MR) is 149 cm³/mol. The Morgan fingerprint density at radius 2 is 1.60 bits per heavy atom. The van der Waals surface area contributed by atoms with Crippen LogP contribution in [0.4, 0.5) is 15.9 Å². The van der Waals surface area contributed by atoms with Crippen molar-refractivity contribution in [2.24, 2.45) is 5.92 Å². The second-order valence-corrected chi connectivity index (χ2v) is 9.51. The van der Waals surface area contributed by atoms with E-state index in [-0.39, 0.29) is 17.3 Å². The van der Waals surface area contributed by atoms with E-state index < -0.39 is 5.97 Å². The van der Waals surface area contributed by atoms with Gasteiger partial charge < -0.3 is 24.8 Å². The van der Waals surface area contributed by atoms with E-state index in [0.717, 1.165) is 31.7 Å². The first-order chi connectivity index (χ1) is 19.4. The summed E-state index contributed by atoms with van der Waals surface area (Å²) >= 11 is 0. The number of benzene rings is 3. The van der Waals surface area contributed by atoms with Gasteiger partial charge in [-0.2, -0.15) is 0 Å². The third-order valence-electron chi connectivity index (χ3n) is 6.68. The van der Waals surface area contributed by atoms with Crippen LogP contribution in [0.5, 0.6) is 17.2 Å². The Labute approximate surface area is 231 Å². The number of rotatable bonds is 9. The fourth-order valence-electron chi connectivity index (χ4n) is 4.43. The second kappa shape index (κ2) is 12.3. The molecule has 2 heterocycles. The van der Waals surface area contributed by atoms with Gasteiger partial charge in [0.1, 0.15) is 28.9 Å². The number of pyridine rings is 1. The van der Waals surface area contributed by atoms with Crippen molar-refractivity contribution in [1.82, 2.24) is 4.98 Å². The van der Waals surface area contributed by atoms with Crippen molar-refractivity contribution in [2.75, 3.05) is 29.9 Å². The molecule has 1 aromatic heterocycles.